The molecule has 0 saturated carbocycles. The topological polar surface area (TPSA) is 37.3 Å². The average molecular weight is 124 g/mol. The van der Waals surface area contributed by atoms with Crippen molar-refractivity contribution in [2.24, 2.45) is 0 Å². The molecule has 0 amide bonds. The van der Waals surface area contributed by atoms with Gasteiger partial charge >= 0.3 is 0 Å². The van der Waals surface area contributed by atoms with E-state index in [0.29, 0.717) is 12.0 Å². The summed E-state index contributed by atoms with van der Waals surface area (Å²) < 4.78 is 0. The molecule has 1 atom stereocenters. The third-order valence-electron chi connectivity index (χ3n) is 1.24. The Labute approximate surface area is 53.5 Å². The van der Waals surface area contributed by atoms with Crippen molar-refractivity contribution < 1.29 is 9.90 Å². The zero-order valence-electron chi connectivity index (χ0n) is 4.95. The maximum atomic E-state index is 10.1. The van der Waals surface area contributed by atoms with Gasteiger partial charge in [-0.15, -0.1) is 0 Å². The van der Waals surface area contributed by atoms with Crippen LogP contribution in [0, 0.1) is 0 Å². The number of aldehydes is 1. The molecular formula is C7H8O2. The molecule has 0 aromatic rings. The predicted molar refractivity (Wildman–Crippen MR) is 33.9 cm³/mol. The first kappa shape index (κ1) is 6.23. The molecule has 0 spiro atoms. The first-order chi connectivity index (χ1) is 4.33. The van der Waals surface area contributed by atoms with Crippen molar-refractivity contribution in [3.05, 3.63) is 23.8 Å². The minimum Gasteiger partial charge on any atom is -0.389 e. The Morgan fingerprint density at radius 3 is 3.00 bits per heavy atom. The lowest BCUT2D eigenvalue weighted by Crippen LogP contribution is -2.04. The highest BCUT2D eigenvalue weighted by molar-refractivity contribution is 5.77. The van der Waals surface area contributed by atoms with Gasteiger partial charge in [0.1, 0.15) is 6.29 Å². The first-order valence-electron chi connectivity index (χ1n) is 2.84. The summed E-state index contributed by atoms with van der Waals surface area (Å²) in [6, 6.07) is 0. The van der Waals surface area contributed by atoms with Crippen LogP contribution in [-0.4, -0.2) is 17.5 Å². The lowest BCUT2D eigenvalue weighted by molar-refractivity contribution is -0.104. The van der Waals surface area contributed by atoms with Crippen LogP contribution in [0.5, 0.6) is 0 Å². The van der Waals surface area contributed by atoms with Gasteiger partial charge in [0.05, 0.1) is 6.10 Å². The van der Waals surface area contributed by atoms with Gasteiger partial charge in [0.25, 0.3) is 0 Å². The van der Waals surface area contributed by atoms with E-state index < -0.39 is 6.10 Å². The molecule has 0 aromatic heterocycles. The second-order valence-electron chi connectivity index (χ2n) is 1.98. The van der Waals surface area contributed by atoms with Gasteiger partial charge in [-0.1, -0.05) is 18.2 Å². The number of hydrogen-bond donors (Lipinski definition) is 1. The fraction of sp³-hybridized carbons (Fsp3) is 0.286. The molecule has 1 N–H and O–H groups in total. The summed E-state index contributed by atoms with van der Waals surface area (Å²) in [6.45, 7) is 0. The Hall–Kier alpha value is -0.890. The number of allylic oxidation sites excluding steroid dienone is 2. The van der Waals surface area contributed by atoms with E-state index in [9.17, 15) is 4.79 Å². The largest absolute Gasteiger partial charge is 0.389 e. The molecule has 1 aliphatic rings. The van der Waals surface area contributed by atoms with Crippen LogP contribution in [0.3, 0.4) is 0 Å². The van der Waals surface area contributed by atoms with E-state index in [1.54, 1.807) is 18.2 Å². The van der Waals surface area contributed by atoms with Crippen LogP contribution in [0.25, 0.3) is 0 Å². The summed E-state index contributed by atoms with van der Waals surface area (Å²) in [5.74, 6) is 0. The van der Waals surface area contributed by atoms with E-state index in [1.165, 1.54) is 0 Å². The van der Waals surface area contributed by atoms with Gasteiger partial charge in [-0.3, -0.25) is 4.79 Å². The Morgan fingerprint density at radius 2 is 2.56 bits per heavy atom. The molecule has 0 aromatic carbocycles. The summed E-state index contributed by atoms with van der Waals surface area (Å²) in [7, 11) is 0. The molecule has 2 nitrogen and oxygen atoms in total. The first-order valence-corrected chi connectivity index (χ1v) is 2.84. The van der Waals surface area contributed by atoms with E-state index in [0.717, 1.165) is 6.29 Å². The predicted octanol–water partition coefficient (Wildman–Crippen LogP) is 0.432. The van der Waals surface area contributed by atoms with Gasteiger partial charge < -0.3 is 5.11 Å². The number of carbonyl (C=O) groups excluding carboxylic acids is 1. The fourth-order valence-corrected chi connectivity index (χ4v) is 0.713. The summed E-state index contributed by atoms with van der Waals surface area (Å²) in [4.78, 5) is 10.1. The number of carbonyl (C=O) groups is 1. The molecule has 0 fully saturated rings. The third-order valence-corrected chi connectivity index (χ3v) is 1.24. The van der Waals surface area contributed by atoms with Crippen LogP contribution in [0.1, 0.15) is 6.42 Å². The van der Waals surface area contributed by atoms with Crippen LogP contribution in [-0.2, 0) is 4.79 Å². The normalized spacial score (nSPS) is 25.4. The number of aliphatic hydroxyl groups is 1. The van der Waals surface area contributed by atoms with Crippen LogP contribution < -0.4 is 0 Å². The van der Waals surface area contributed by atoms with Crippen LogP contribution in [0.2, 0.25) is 0 Å². The molecule has 1 unspecified atom stereocenters. The molecule has 48 valence electrons. The monoisotopic (exact) mass is 124 g/mol. The number of rotatable bonds is 1. The summed E-state index contributed by atoms with van der Waals surface area (Å²) >= 11 is 0. The Bertz CT molecular complexity index is 168. The zero-order chi connectivity index (χ0) is 6.69. The highest BCUT2D eigenvalue weighted by Gasteiger charge is 2.02. The molecule has 0 saturated heterocycles. The molecule has 2 heteroatoms. The summed E-state index contributed by atoms with van der Waals surface area (Å²) in [5.41, 5.74) is 0.653. The average Bonchev–Trinajstić information content (AvgIpc) is 1.90. The molecule has 1 rings (SSSR count). The van der Waals surface area contributed by atoms with E-state index >= 15 is 0 Å². The molecule has 0 heterocycles. The van der Waals surface area contributed by atoms with Crippen LogP contribution in [0.15, 0.2) is 23.8 Å². The summed E-state index contributed by atoms with van der Waals surface area (Å²) in [6.07, 6.45) is 5.91. The lowest BCUT2D eigenvalue weighted by atomic mass is 10.1. The van der Waals surface area contributed by atoms with Crippen LogP contribution >= 0.6 is 0 Å². The molecule has 9 heavy (non-hydrogen) atoms. The van der Waals surface area contributed by atoms with Gasteiger partial charge in [0.2, 0.25) is 0 Å². The van der Waals surface area contributed by atoms with Gasteiger partial charge in [0.15, 0.2) is 0 Å². The van der Waals surface area contributed by atoms with Crippen molar-refractivity contribution in [2.75, 3.05) is 0 Å². The maximum absolute atomic E-state index is 10.1. The lowest BCUT2D eigenvalue weighted by Gasteiger charge is -2.05. The van der Waals surface area contributed by atoms with Gasteiger partial charge in [0, 0.05) is 5.57 Å². The molecule has 0 bridgehead atoms. The van der Waals surface area contributed by atoms with Crippen molar-refractivity contribution in [3.63, 3.8) is 0 Å². The van der Waals surface area contributed by atoms with E-state index in [1.807, 2.05) is 0 Å². The minimum atomic E-state index is -0.395. The zero-order valence-corrected chi connectivity index (χ0v) is 4.95. The highest BCUT2D eigenvalue weighted by Crippen LogP contribution is 2.07. The van der Waals surface area contributed by atoms with Crippen molar-refractivity contribution in [1.29, 1.82) is 0 Å². The van der Waals surface area contributed by atoms with E-state index in [2.05, 4.69) is 0 Å². The number of aliphatic hydroxyl groups excluding tert-OH is 1. The Kier molecular flexibility index (Phi) is 1.80. The van der Waals surface area contributed by atoms with Crippen molar-refractivity contribution in [3.8, 4) is 0 Å². The highest BCUT2D eigenvalue weighted by atomic mass is 16.3. The van der Waals surface area contributed by atoms with E-state index in [4.69, 9.17) is 5.11 Å². The molecule has 1 aliphatic carbocycles. The maximum Gasteiger partial charge on any atom is 0.149 e. The SMILES string of the molecule is O=CC1=CCC(O)C=C1. The standard InChI is InChI=1S/C7H8O2/c8-5-6-1-3-7(9)4-2-6/h1-3,5,7,9H,4H2. The van der Waals surface area contributed by atoms with E-state index in [-0.39, 0.29) is 0 Å². The fourth-order valence-electron chi connectivity index (χ4n) is 0.713. The van der Waals surface area contributed by atoms with Crippen molar-refractivity contribution in [1.82, 2.24) is 0 Å². The Balaban J connectivity index is 2.62. The smallest absolute Gasteiger partial charge is 0.149 e. The second-order valence-corrected chi connectivity index (χ2v) is 1.98. The van der Waals surface area contributed by atoms with Gasteiger partial charge in [-0.05, 0) is 6.42 Å². The second kappa shape index (κ2) is 2.60. The van der Waals surface area contributed by atoms with Crippen LogP contribution in [0.4, 0.5) is 0 Å². The van der Waals surface area contributed by atoms with Crippen molar-refractivity contribution in [2.45, 2.75) is 12.5 Å². The number of hydrogen-bond acceptors (Lipinski definition) is 2. The molecule has 0 radical (unpaired) electrons. The molecular weight excluding hydrogens is 116 g/mol. The summed E-state index contributed by atoms with van der Waals surface area (Å²) in [5, 5.41) is 8.88. The quantitative estimate of drug-likeness (QED) is 0.515. The molecule has 0 aliphatic heterocycles. The van der Waals surface area contributed by atoms with Gasteiger partial charge in [-0.2, -0.15) is 0 Å². The van der Waals surface area contributed by atoms with Gasteiger partial charge in [-0.25, -0.2) is 0 Å². The Morgan fingerprint density at radius 1 is 1.78 bits per heavy atom. The third kappa shape index (κ3) is 1.50. The minimum absolute atomic E-state index is 0.395. The van der Waals surface area contributed by atoms with Crippen molar-refractivity contribution >= 4 is 6.29 Å².